The van der Waals surface area contributed by atoms with Crippen LogP contribution in [0, 0.1) is 5.92 Å². The quantitative estimate of drug-likeness (QED) is 0.866. The maximum Gasteiger partial charge on any atom is 0.308 e. The topological polar surface area (TPSA) is 57.6 Å². The Kier molecular flexibility index (Phi) is 5.37. The van der Waals surface area contributed by atoms with Gasteiger partial charge in [0.1, 0.15) is 0 Å². The molecule has 1 unspecified atom stereocenters. The highest BCUT2D eigenvalue weighted by molar-refractivity contribution is 7.10. The van der Waals surface area contributed by atoms with Crippen LogP contribution in [0.1, 0.15) is 11.3 Å². The summed E-state index contributed by atoms with van der Waals surface area (Å²) in [4.78, 5) is 25.1. The summed E-state index contributed by atoms with van der Waals surface area (Å²) in [6.07, 6.45) is 3.82. The summed E-state index contributed by atoms with van der Waals surface area (Å²) >= 11 is 1.56. The van der Waals surface area contributed by atoms with Gasteiger partial charge in [0.25, 0.3) is 0 Å². The standard InChI is InChI=1S/C12H13NO3S.ClH/c14-11(4-3-10-2-1-7-17-10)13-6-5-9(8-13)12(15)16;/h1-4,7,9H,5-6,8H2,(H,15,16);1H/b4-3+;. The highest BCUT2D eigenvalue weighted by Crippen LogP contribution is 2.17. The van der Waals surface area contributed by atoms with Gasteiger partial charge >= 0.3 is 5.97 Å². The number of thiophene rings is 1. The molecule has 4 nitrogen and oxygen atoms in total. The third kappa shape index (κ3) is 3.58. The first-order chi connectivity index (χ1) is 8.16. The molecule has 18 heavy (non-hydrogen) atoms. The van der Waals surface area contributed by atoms with Gasteiger partial charge in [0.15, 0.2) is 0 Å². The van der Waals surface area contributed by atoms with Gasteiger partial charge in [-0.05, 0) is 23.9 Å². The lowest BCUT2D eigenvalue weighted by Gasteiger charge is -2.12. The Morgan fingerprint density at radius 3 is 2.83 bits per heavy atom. The molecule has 1 fully saturated rings. The van der Waals surface area contributed by atoms with Crippen molar-refractivity contribution in [3.8, 4) is 0 Å². The van der Waals surface area contributed by atoms with Crippen LogP contribution in [0.3, 0.4) is 0 Å². The summed E-state index contributed by atoms with van der Waals surface area (Å²) in [6.45, 7) is 0.855. The number of aliphatic carboxylic acids is 1. The number of hydrogen-bond acceptors (Lipinski definition) is 3. The smallest absolute Gasteiger partial charge is 0.308 e. The SMILES string of the molecule is Cl.O=C(O)C1CCN(C(=O)/C=C/c2cccs2)C1. The van der Waals surface area contributed by atoms with E-state index in [1.165, 1.54) is 6.08 Å². The van der Waals surface area contributed by atoms with E-state index in [0.29, 0.717) is 19.5 Å². The maximum atomic E-state index is 11.8. The Labute approximate surface area is 115 Å². The Morgan fingerprint density at radius 2 is 2.28 bits per heavy atom. The lowest BCUT2D eigenvalue weighted by Crippen LogP contribution is -2.28. The van der Waals surface area contributed by atoms with E-state index >= 15 is 0 Å². The molecule has 1 saturated heterocycles. The first-order valence-corrected chi connectivity index (χ1v) is 6.28. The molecule has 1 aliphatic rings. The molecule has 1 aromatic rings. The zero-order valence-corrected chi connectivity index (χ0v) is 11.2. The van der Waals surface area contributed by atoms with E-state index in [1.807, 2.05) is 17.5 Å². The number of carboxylic acids is 1. The molecule has 0 saturated carbocycles. The van der Waals surface area contributed by atoms with Crippen LogP contribution in [-0.2, 0) is 9.59 Å². The Balaban J connectivity index is 0.00000162. The van der Waals surface area contributed by atoms with Crippen molar-refractivity contribution in [1.82, 2.24) is 4.90 Å². The minimum Gasteiger partial charge on any atom is -0.481 e. The fourth-order valence-electron chi connectivity index (χ4n) is 1.81. The molecular weight excluding hydrogens is 274 g/mol. The minimum absolute atomic E-state index is 0. The molecule has 2 rings (SSSR count). The van der Waals surface area contributed by atoms with Crippen LogP contribution < -0.4 is 0 Å². The summed E-state index contributed by atoms with van der Waals surface area (Å²) in [5, 5.41) is 10.8. The molecule has 0 radical (unpaired) electrons. The number of halogens is 1. The molecule has 1 N–H and O–H groups in total. The predicted octanol–water partition coefficient (Wildman–Crippen LogP) is 2.12. The largest absolute Gasteiger partial charge is 0.481 e. The van der Waals surface area contributed by atoms with Gasteiger partial charge in [-0.25, -0.2) is 0 Å². The zero-order valence-electron chi connectivity index (χ0n) is 9.61. The van der Waals surface area contributed by atoms with Crippen molar-refractivity contribution in [3.63, 3.8) is 0 Å². The number of likely N-dealkylation sites (tertiary alicyclic amines) is 1. The van der Waals surface area contributed by atoms with Crippen molar-refractivity contribution >= 4 is 41.7 Å². The predicted molar refractivity (Wildman–Crippen MR) is 72.9 cm³/mol. The second-order valence-electron chi connectivity index (χ2n) is 3.96. The van der Waals surface area contributed by atoms with Crippen LogP contribution in [0.15, 0.2) is 23.6 Å². The fraction of sp³-hybridized carbons (Fsp3) is 0.333. The molecule has 1 aromatic heterocycles. The molecular formula is C12H14ClNO3S. The lowest BCUT2D eigenvalue weighted by atomic mass is 10.1. The summed E-state index contributed by atoms with van der Waals surface area (Å²) in [7, 11) is 0. The van der Waals surface area contributed by atoms with Crippen LogP contribution in [0.5, 0.6) is 0 Å². The summed E-state index contributed by atoms with van der Waals surface area (Å²) < 4.78 is 0. The van der Waals surface area contributed by atoms with Gasteiger partial charge in [-0.2, -0.15) is 0 Å². The molecule has 0 spiro atoms. The highest BCUT2D eigenvalue weighted by atomic mass is 35.5. The van der Waals surface area contributed by atoms with Crippen LogP contribution >= 0.6 is 23.7 Å². The highest BCUT2D eigenvalue weighted by Gasteiger charge is 2.29. The van der Waals surface area contributed by atoms with Gasteiger partial charge in [-0.15, -0.1) is 23.7 Å². The van der Waals surface area contributed by atoms with E-state index in [9.17, 15) is 9.59 Å². The molecule has 1 amide bonds. The number of carboxylic acid groups (broad SMARTS) is 1. The van der Waals surface area contributed by atoms with E-state index < -0.39 is 11.9 Å². The molecule has 6 heteroatoms. The summed E-state index contributed by atoms with van der Waals surface area (Å²) in [5.41, 5.74) is 0. The second-order valence-corrected chi connectivity index (χ2v) is 4.94. The van der Waals surface area contributed by atoms with Gasteiger partial charge < -0.3 is 10.0 Å². The van der Waals surface area contributed by atoms with E-state index in [2.05, 4.69) is 0 Å². The fourth-order valence-corrected chi connectivity index (χ4v) is 2.42. The maximum absolute atomic E-state index is 11.8. The van der Waals surface area contributed by atoms with Gasteiger partial charge in [-0.1, -0.05) is 6.07 Å². The van der Waals surface area contributed by atoms with E-state index in [-0.39, 0.29) is 18.3 Å². The van der Waals surface area contributed by atoms with Crippen LogP contribution in [-0.4, -0.2) is 35.0 Å². The van der Waals surface area contributed by atoms with Crippen LogP contribution in [0.4, 0.5) is 0 Å². The third-order valence-corrected chi connectivity index (χ3v) is 3.62. The normalized spacial score (nSPS) is 18.9. The first-order valence-electron chi connectivity index (χ1n) is 5.40. The average Bonchev–Trinajstić information content (AvgIpc) is 2.96. The Hall–Kier alpha value is -1.33. The Bertz CT molecular complexity index is 444. The second kappa shape index (κ2) is 6.56. The molecule has 0 aliphatic carbocycles. The van der Waals surface area contributed by atoms with E-state index in [1.54, 1.807) is 22.3 Å². The molecule has 0 aromatic carbocycles. The number of rotatable bonds is 3. The molecule has 2 heterocycles. The minimum atomic E-state index is -0.817. The average molecular weight is 288 g/mol. The zero-order chi connectivity index (χ0) is 12.3. The van der Waals surface area contributed by atoms with E-state index in [0.717, 1.165) is 4.88 Å². The lowest BCUT2D eigenvalue weighted by molar-refractivity contribution is -0.141. The van der Waals surface area contributed by atoms with Gasteiger partial charge in [0.05, 0.1) is 5.92 Å². The Morgan fingerprint density at radius 1 is 1.50 bits per heavy atom. The monoisotopic (exact) mass is 287 g/mol. The molecule has 98 valence electrons. The van der Waals surface area contributed by atoms with Crippen LogP contribution in [0.25, 0.3) is 6.08 Å². The third-order valence-electron chi connectivity index (χ3n) is 2.78. The van der Waals surface area contributed by atoms with Crippen molar-refractivity contribution in [2.75, 3.05) is 13.1 Å². The van der Waals surface area contributed by atoms with Crippen molar-refractivity contribution in [2.24, 2.45) is 5.92 Å². The van der Waals surface area contributed by atoms with Gasteiger partial charge in [0.2, 0.25) is 5.91 Å². The first kappa shape index (κ1) is 14.7. The van der Waals surface area contributed by atoms with Crippen LogP contribution in [0.2, 0.25) is 0 Å². The summed E-state index contributed by atoms with van der Waals surface area (Å²) in [5.74, 6) is -1.33. The van der Waals surface area contributed by atoms with Gasteiger partial charge in [-0.3, -0.25) is 9.59 Å². The number of hydrogen-bond donors (Lipinski definition) is 1. The molecule has 0 bridgehead atoms. The van der Waals surface area contributed by atoms with E-state index in [4.69, 9.17) is 5.11 Å². The number of carbonyl (C=O) groups is 2. The number of carbonyl (C=O) groups excluding carboxylic acids is 1. The number of nitrogens with zero attached hydrogens (tertiary/aromatic N) is 1. The molecule has 1 atom stereocenters. The van der Waals surface area contributed by atoms with Crippen molar-refractivity contribution in [1.29, 1.82) is 0 Å². The summed E-state index contributed by atoms with van der Waals surface area (Å²) in [6, 6.07) is 3.85. The van der Waals surface area contributed by atoms with Gasteiger partial charge in [0, 0.05) is 24.0 Å². The number of amides is 1. The van der Waals surface area contributed by atoms with Crippen molar-refractivity contribution in [2.45, 2.75) is 6.42 Å². The van der Waals surface area contributed by atoms with Crippen molar-refractivity contribution < 1.29 is 14.7 Å². The molecule has 1 aliphatic heterocycles. The van der Waals surface area contributed by atoms with Crippen molar-refractivity contribution in [3.05, 3.63) is 28.5 Å².